The lowest BCUT2D eigenvalue weighted by Gasteiger charge is -2.07. The Balaban J connectivity index is 2.72. The minimum absolute atomic E-state index is 0.157. The highest BCUT2D eigenvalue weighted by molar-refractivity contribution is 6.60. The zero-order valence-electron chi connectivity index (χ0n) is 9.72. The van der Waals surface area contributed by atoms with Crippen LogP contribution in [0.3, 0.4) is 0 Å². The van der Waals surface area contributed by atoms with Crippen molar-refractivity contribution in [2.45, 2.75) is 19.8 Å². The van der Waals surface area contributed by atoms with Crippen molar-refractivity contribution < 1.29 is 19.6 Å². The third-order valence-electron chi connectivity index (χ3n) is 2.33. The molecule has 0 heterocycles. The van der Waals surface area contributed by atoms with E-state index in [0.717, 1.165) is 12.8 Å². The Hall–Kier alpha value is -1.53. The number of benzene rings is 1. The average Bonchev–Trinajstić information content (AvgIpc) is 2.28. The lowest BCUT2D eigenvalue weighted by atomic mass is 9.78. The van der Waals surface area contributed by atoms with Gasteiger partial charge in [-0.05, 0) is 18.6 Å². The van der Waals surface area contributed by atoms with E-state index in [0.29, 0.717) is 12.2 Å². The van der Waals surface area contributed by atoms with Crippen molar-refractivity contribution in [2.24, 2.45) is 0 Å². The molecule has 6 heteroatoms. The minimum Gasteiger partial charge on any atom is -0.462 e. The Bertz CT molecular complexity index is 395. The van der Waals surface area contributed by atoms with E-state index in [9.17, 15) is 4.79 Å². The highest BCUT2D eigenvalue weighted by Crippen LogP contribution is 2.07. The van der Waals surface area contributed by atoms with Gasteiger partial charge in [0.15, 0.2) is 0 Å². The number of esters is 1. The predicted octanol–water partition coefficient (Wildman–Crippen LogP) is -0.0945. The number of hydrogen-bond donors (Lipinski definition) is 3. The first-order valence-electron chi connectivity index (χ1n) is 5.49. The molecule has 5 nitrogen and oxygen atoms in total. The van der Waals surface area contributed by atoms with Crippen LogP contribution in [-0.2, 0) is 4.74 Å². The molecule has 4 N–H and O–H groups in total. The molecule has 0 fully saturated rings. The molecular weight excluding hydrogens is 221 g/mol. The van der Waals surface area contributed by atoms with Crippen molar-refractivity contribution in [2.75, 3.05) is 12.3 Å². The van der Waals surface area contributed by atoms with Crippen molar-refractivity contribution in [3.63, 3.8) is 0 Å². The lowest BCUT2D eigenvalue weighted by Crippen LogP contribution is -2.32. The second-order valence-electron chi connectivity index (χ2n) is 3.71. The number of unbranched alkanes of at least 4 members (excludes halogenated alkanes) is 1. The molecule has 0 radical (unpaired) electrons. The molecule has 0 aromatic heterocycles. The molecule has 0 aliphatic rings. The van der Waals surface area contributed by atoms with Crippen LogP contribution < -0.4 is 11.2 Å². The summed E-state index contributed by atoms with van der Waals surface area (Å²) < 4.78 is 5.00. The van der Waals surface area contributed by atoms with Crippen molar-refractivity contribution >= 4 is 24.2 Å². The summed E-state index contributed by atoms with van der Waals surface area (Å²) in [4.78, 5) is 11.6. The summed E-state index contributed by atoms with van der Waals surface area (Å²) in [5.41, 5.74) is 6.23. The molecule has 0 saturated carbocycles. The summed E-state index contributed by atoms with van der Waals surface area (Å²) in [7, 11) is -1.64. The number of carbonyl (C=O) groups excluding carboxylic acids is 1. The zero-order chi connectivity index (χ0) is 12.8. The second kappa shape index (κ2) is 6.27. The molecule has 0 unspecified atom stereocenters. The van der Waals surface area contributed by atoms with Gasteiger partial charge in [0.1, 0.15) is 0 Å². The monoisotopic (exact) mass is 237 g/mol. The van der Waals surface area contributed by atoms with Gasteiger partial charge in [0.2, 0.25) is 0 Å². The van der Waals surface area contributed by atoms with Gasteiger partial charge < -0.3 is 20.5 Å². The maximum absolute atomic E-state index is 11.6. The SMILES string of the molecule is CCCCOC(=O)c1ccc(B(O)O)c(N)c1. The maximum Gasteiger partial charge on any atom is 0.490 e. The first-order chi connectivity index (χ1) is 8.06. The Morgan fingerprint density at radius 3 is 2.71 bits per heavy atom. The number of carbonyl (C=O) groups is 1. The summed E-state index contributed by atoms with van der Waals surface area (Å²) in [6, 6.07) is 4.23. The normalized spacial score (nSPS) is 10.1. The fourth-order valence-electron chi connectivity index (χ4n) is 1.33. The van der Waals surface area contributed by atoms with Crippen LogP contribution >= 0.6 is 0 Å². The molecule has 0 spiro atoms. The maximum atomic E-state index is 11.6. The summed E-state index contributed by atoms with van der Waals surface area (Å²) in [6.07, 6.45) is 1.76. The minimum atomic E-state index is -1.64. The number of ether oxygens (including phenoxy) is 1. The molecule has 0 bridgehead atoms. The van der Waals surface area contributed by atoms with Gasteiger partial charge in [-0.3, -0.25) is 0 Å². The largest absolute Gasteiger partial charge is 0.490 e. The third kappa shape index (κ3) is 3.76. The first-order valence-corrected chi connectivity index (χ1v) is 5.49. The van der Waals surface area contributed by atoms with Crippen molar-refractivity contribution in [1.29, 1.82) is 0 Å². The van der Waals surface area contributed by atoms with Gasteiger partial charge in [-0.15, -0.1) is 0 Å². The molecule has 1 rings (SSSR count). The number of rotatable bonds is 5. The summed E-state index contributed by atoms with van der Waals surface area (Å²) in [5, 5.41) is 17.9. The standard InChI is InChI=1S/C11H16BNO4/c1-2-3-6-17-11(14)8-4-5-9(12(15)16)10(13)7-8/h4-5,7,15-16H,2-3,6,13H2,1H3. The lowest BCUT2D eigenvalue weighted by molar-refractivity contribution is 0.0500. The second-order valence-corrected chi connectivity index (χ2v) is 3.71. The van der Waals surface area contributed by atoms with Crippen LogP contribution in [0.15, 0.2) is 18.2 Å². The molecule has 1 aromatic rings. The molecular formula is C11H16BNO4. The highest BCUT2D eigenvalue weighted by atomic mass is 16.5. The number of nitrogen functional groups attached to an aromatic ring is 1. The van der Waals surface area contributed by atoms with Crippen LogP contribution in [0.25, 0.3) is 0 Å². The van der Waals surface area contributed by atoms with Crippen LogP contribution in [0.5, 0.6) is 0 Å². The Labute approximate surface area is 100 Å². The number of nitrogens with two attached hydrogens (primary N) is 1. The highest BCUT2D eigenvalue weighted by Gasteiger charge is 2.16. The van der Waals surface area contributed by atoms with E-state index in [1.807, 2.05) is 6.92 Å². The smallest absolute Gasteiger partial charge is 0.462 e. The van der Waals surface area contributed by atoms with E-state index in [2.05, 4.69) is 0 Å². The van der Waals surface area contributed by atoms with Crippen LogP contribution in [0.2, 0.25) is 0 Å². The molecule has 0 aliphatic heterocycles. The molecule has 17 heavy (non-hydrogen) atoms. The van der Waals surface area contributed by atoms with Gasteiger partial charge in [-0.2, -0.15) is 0 Å². The first kappa shape index (κ1) is 13.5. The average molecular weight is 237 g/mol. The van der Waals surface area contributed by atoms with Crippen LogP contribution in [0.4, 0.5) is 5.69 Å². The molecule has 0 atom stereocenters. The quantitative estimate of drug-likeness (QED) is 0.288. The van der Waals surface area contributed by atoms with Crippen molar-refractivity contribution in [1.82, 2.24) is 0 Å². The van der Waals surface area contributed by atoms with Crippen molar-refractivity contribution in [3.05, 3.63) is 23.8 Å². The van der Waals surface area contributed by atoms with E-state index >= 15 is 0 Å². The van der Waals surface area contributed by atoms with E-state index in [1.54, 1.807) is 0 Å². The number of anilines is 1. The molecule has 92 valence electrons. The summed E-state index contributed by atoms with van der Waals surface area (Å²) >= 11 is 0. The zero-order valence-corrected chi connectivity index (χ0v) is 9.72. The van der Waals surface area contributed by atoms with Gasteiger partial charge >= 0.3 is 13.1 Å². The summed E-state index contributed by atoms with van der Waals surface area (Å²) in [6.45, 7) is 2.38. The van der Waals surface area contributed by atoms with Crippen molar-refractivity contribution in [3.8, 4) is 0 Å². The van der Waals surface area contributed by atoms with Crippen LogP contribution in [-0.4, -0.2) is 29.7 Å². The number of hydrogen-bond acceptors (Lipinski definition) is 5. The van der Waals surface area contributed by atoms with Gasteiger partial charge in [-0.25, -0.2) is 4.79 Å². The van der Waals surface area contributed by atoms with E-state index in [-0.39, 0.29) is 11.2 Å². The Morgan fingerprint density at radius 1 is 1.47 bits per heavy atom. The van der Waals surface area contributed by atoms with Gasteiger partial charge in [0, 0.05) is 11.2 Å². The van der Waals surface area contributed by atoms with Crippen LogP contribution in [0.1, 0.15) is 30.1 Å². The van der Waals surface area contributed by atoms with Gasteiger partial charge in [-0.1, -0.05) is 19.4 Å². The summed E-state index contributed by atoms with van der Waals surface area (Å²) in [5.74, 6) is -0.455. The molecule has 1 aromatic carbocycles. The third-order valence-corrected chi connectivity index (χ3v) is 2.33. The fourth-order valence-corrected chi connectivity index (χ4v) is 1.33. The van der Waals surface area contributed by atoms with Crippen LogP contribution in [0, 0.1) is 0 Å². The van der Waals surface area contributed by atoms with Gasteiger partial charge in [0.05, 0.1) is 12.2 Å². The molecule has 0 aliphatic carbocycles. The Kier molecular flexibility index (Phi) is 4.99. The Morgan fingerprint density at radius 2 is 2.18 bits per heavy atom. The fraction of sp³-hybridized carbons (Fsp3) is 0.364. The van der Waals surface area contributed by atoms with Gasteiger partial charge in [0.25, 0.3) is 0 Å². The predicted molar refractivity (Wildman–Crippen MR) is 65.9 cm³/mol. The molecule has 0 amide bonds. The van der Waals surface area contributed by atoms with E-state index in [4.69, 9.17) is 20.5 Å². The topological polar surface area (TPSA) is 92.8 Å². The van der Waals surface area contributed by atoms with E-state index < -0.39 is 13.1 Å². The molecule has 0 saturated heterocycles. The van der Waals surface area contributed by atoms with E-state index in [1.165, 1.54) is 18.2 Å².